The van der Waals surface area contributed by atoms with Crippen LogP contribution in [0.4, 0.5) is 35.1 Å². The summed E-state index contributed by atoms with van der Waals surface area (Å²) in [6.07, 6.45) is 1.22. The van der Waals surface area contributed by atoms with Gasteiger partial charge >= 0.3 is 0 Å². The minimum absolute atomic E-state index is 0.152. The lowest BCUT2D eigenvalue weighted by molar-refractivity contribution is 0.417. The maximum Gasteiger partial charge on any atom is 0.169 e. The molecule has 11 heteroatoms. The first-order valence-corrected chi connectivity index (χ1v) is 12.7. The predicted molar refractivity (Wildman–Crippen MR) is 135 cm³/mol. The summed E-state index contributed by atoms with van der Waals surface area (Å²) in [7, 11) is 0. The van der Waals surface area contributed by atoms with Crippen LogP contribution in [-0.2, 0) is 0 Å². The van der Waals surface area contributed by atoms with Gasteiger partial charge in [0.15, 0.2) is 46.5 Å². The van der Waals surface area contributed by atoms with E-state index in [1.165, 1.54) is 13.8 Å². The largest absolute Gasteiger partial charge is 0.203 e. The van der Waals surface area contributed by atoms with Crippen molar-refractivity contribution >= 4 is 11.1 Å². The van der Waals surface area contributed by atoms with Crippen LogP contribution in [0.2, 0.25) is 0 Å². The third kappa shape index (κ3) is 6.12. The van der Waals surface area contributed by atoms with Gasteiger partial charge < -0.3 is 0 Å². The molecule has 0 unspecified atom stereocenters. The summed E-state index contributed by atoms with van der Waals surface area (Å²) >= 11 is 0. The van der Waals surface area contributed by atoms with E-state index in [-0.39, 0.29) is 48.0 Å². The first-order chi connectivity index (χ1) is 19.4. The van der Waals surface area contributed by atoms with Crippen molar-refractivity contribution in [3.63, 3.8) is 0 Å². The summed E-state index contributed by atoms with van der Waals surface area (Å²) in [5.41, 5.74) is -7.32. The molecule has 2 aromatic carbocycles. The minimum Gasteiger partial charge on any atom is -0.203 e. The van der Waals surface area contributed by atoms with Gasteiger partial charge in [0.05, 0.1) is 40.5 Å². The number of nitriles is 3. The Bertz CT molecular complexity index is 1380. The van der Waals surface area contributed by atoms with E-state index in [1.54, 1.807) is 26.0 Å². The number of hydrogen-bond donors (Lipinski definition) is 0. The maximum atomic E-state index is 15.3. The Hall–Kier alpha value is -4.17. The molecule has 0 bridgehead atoms. The molecule has 0 heterocycles. The second-order valence-electron chi connectivity index (χ2n) is 9.29. The third-order valence-corrected chi connectivity index (χ3v) is 6.71. The Morgan fingerprint density at radius 1 is 0.561 bits per heavy atom. The van der Waals surface area contributed by atoms with E-state index in [0.717, 1.165) is 6.07 Å². The van der Waals surface area contributed by atoms with Crippen molar-refractivity contribution in [1.29, 1.82) is 15.8 Å². The fraction of sp³-hybridized carbons (Fsp3) is 0.367. The summed E-state index contributed by atoms with van der Waals surface area (Å²) in [5, 5.41) is 28.1. The molecular weight excluding hydrogens is 554 g/mol. The van der Waals surface area contributed by atoms with Crippen LogP contribution in [0.3, 0.4) is 0 Å². The molecule has 2 rings (SSSR count). The van der Waals surface area contributed by atoms with E-state index in [0.29, 0.717) is 12.8 Å². The van der Waals surface area contributed by atoms with Crippen LogP contribution in [0.5, 0.6) is 0 Å². The van der Waals surface area contributed by atoms with Crippen LogP contribution in [0.15, 0.2) is 11.1 Å². The Kier molecular flexibility index (Phi) is 11.2. The molecule has 0 N–H and O–H groups in total. The van der Waals surface area contributed by atoms with Gasteiger partial charge in [-0.2, -0.15) is 15.8 Å². The zero-order valence-electron chi connectivity index (χ0n) is 22.7. The molecule has 0 fully saturated rings. The molecular formula is C30H25F8N3. The average Bonchev–Trinajstić information content (AvgIpc) is 2.96. The van der Waals surface area contributed by atoms with Crippen LogP contribution >= 0.6 is 0 Å². The summed E-state index contributed by atoms with van der Waals surface area (Å²) < 4.78 is 122. The average molecular weight is 580 g/mol. The molecule has 0 aliphatic heterocycles. The molecule has 0 aliphatic rings. The molecule has 0 saturated carbocycles. The summed E-state index contributed by atoms with van der Waals surface area (Å²) in [5.74, 6) is -20.0. The van der Waals surface area contributed by atoms with Crippen molar-refractivity contribution in [2.45, 2.75) is 72.1 Å². The van der Waals surface area contributed by atoms with Crippen LogP contribution in [0.1, 0.15) is 94.4 Å². The molecule has 216 valence electrons. The smallest absolute Gasteiger partial charge is 0.169 e. The lowest BCUT2D eigenvalue weighted by atomic mass is 9.85. The quantitative estimate of drug-likeness (QED) is 0.160. The predicted octanol–water partition coefficient (Wildman–Crippen LogP) is 9.43. The number of unbranched alkanes of at least 4 members (excludes halogenated alkanes) is 2. The summed E-state index contributed by atoms with van der Waals surface area (Å²) in [6, 6.07) is 4.38. The van der Waals surface area contributed by atoms with Gasteiger partial charge in [0.25, 0.3) is 0 Å². The maximum absolute atomic E-state index is 15.3. The number of rotatable bonds is 10. The van der Waals surface area contributed by atoms with Crippen molar-refractivity contribution < 1.29 is 35.1 Å². The first-order valence-electron chi connectivity index (χ1n) is 12.7. The molecule has 0 amide bonds. The second kappa shape index (κ2) is 13.9. The molecule has 0 atom stereocenters. The molecule has 3 nitrogen and oxygen atoms in total. The first kappa shape index (κ1) is 33.0. The van der Waals surface area contributed by atoms with E-state index in [2.05, 4.69) is 0 Å². The number of halogens is 8. The fourth-order valence-corrected chi connectivity index (χ4v) is 4.45. The van der Waals surface area contributed by atoms with Gasteiger partial charge in [-0.3, -0.25) is 0 Å². The van der Waals surface area contributed by atoms with Gasteiger partial charge in [-0.25, -0.2) is 35.1 Å². The van der Waals surface area contributed by atoms with Crippen LogP contribution in [-0.4, -0.2) is 0 Å². The Balaban J connectivity index is 2.96. The van der Waals surface area contributed by atoms with Gasteiger partial charge in [0.2, 0.25) is 0 Å². The van der Waals surface area contributed by atoms with E-state index in [4.69, 9.17) is 0 Å². The fourth-order valence-electron chi connectivity index (χ4n) is 4.45. The van der Waals surface area contributed by atoms with E-state index in [1.807, 2.05) is 0 Å². The van der Waals surface area contributed by atoms with Gasteiger partial charge in [-0.15, -0.1) is 0 Å². The Morgan fingerprint density at radius 3 is 1.07 bits per heavy atom. The molecule has 0 aliphatic carbocycles. The van der Waals surface area contributed by atoms with Gasteiger partial charge in [-0.1, -0.05) is 26.7 Å². The molecule has 0 radical (unpaired) electrons. The van der Waals surface area contributed by atoms with Crippen molar-refractivity contribution in [2.24, 2.45) is 0 Å². The van der Waals surface area contributed by atoms with E-state index >= 15 is 35.1 Å². The molecule has 0 spiro atoms. The van der Waals surface area contributed by atoms with Crippen molar-refractivity contribution in [2.75, 3.05) is 0 Å². The molecule has 0 saturated heterocycles. The molecule has 41 heavy (non-hydrogen) atoms. The Labute approximate surface area is 232 Å². The highest BCUT2D eigenvalue weighted by molar-refractivity contribution is 5.74. The normalized spacial score (nSPS) is 13.1. The standard InChI is InChI=1S/C30H25F8N3/c1-5-7-9-16(14(3)11-39)19-23(31)27(35)21(28(36)24(19)32)18(13-41)22-29(37)25(33)20(26(34)30(22)38)17(10-8-6-2)15(4)12-40/h18H,5-10H2,1-4H3. The van der Waals surface area contributed by atoms with Gasteiger partial charge in [0, 0.05) is 11.1 Å². The lowest BCUT2D eigenvalue weighted by Crippen LogP contribution is -2.17. The highest BCUT2D eigenvalue weighted by atomic mass is 19.2. The van der Waals surface area contributed by atoms with Crippen LogP contribution in [0.25, 0.3) is 11.1 Å². The molecule has 0 aromatic heterocycles. The summed E-state index contributed by atoms with van der Waals surface area (Å²) in [6.45, 7) is 5.76. The van der Waals surface area contributed by atoms with Crippen LogP contribution < -0.4 is 0 Å². The van der Waals surface area contributed by atoms with Crippen molar-refractivity contribution in [3.8, 4) is 18.2 Å². The number of benzene rings is 2. The zero-order valence-corrected chi connectivity index (χ0v) is 22.7. The topological polar surface area (TPSA) is 71.4 Å². The van der Waals surface area contributed by atoms with E-state index < -0.39 is 74.7 Å². The van der Waals surface area contributed by atoms with Gasteiger partial charge in [0.1, 0.15) is 5.92 Å². The number of nitrogens with zero attached hydrogens (tertiary/aromatic N) is 3. The second-order valence-corrected chi connectivity index (χ2v) is 9.29. The highest BCUT2D eigenvalue weighted by Gasteiger charge is 2.38. The highest BCUT2D eigenvalue weighted by Crippen LogP contribution is 2.41. The van der Waals surface area contributed by atoms with E-state index in [9.17, 15) is 15.8 Å². The number of hydrogen-bond acceptors (Lipinski definition) is 3. The third-order valence-electron chi connectivity index (χ3n) is 6.71. The minimum atomic E-state index is -2.87. The Morgan fingerprint density at radius 2 is 0.854 bits per heavy atom. The van der Waals surface area contributed by atoms with Crippen molar-refractivity contribution in [3.05, 3.63) is 79.9 Å². The van der Waals surface area contributed by atoms with Gasteiger partial charge in [-0.05, 0) is 50.7 Å². The number of allylic oxidation sites excluding steroid dienone is 4. The monoisotopic (exact) mass is 579 g/mol. The SMILES string of the molecule is CCCCC(=C(C)C#N)c1c(F)c(F)c(C(C#N)c2c(F)c(F)c(C(CCCC)=C(C)C#N)c(F)c2F)c(F)c1F. The van der Waals surface area contributed by atoms with Crippen molar-refractivity contribution in [1.82, 2.24) is 0 Å². The van der Waals surface area contributed by atoms with Crippen LogP contribution in [0, 0.1) is 80.5 Å². The summed E-state index contributed by atoms with van der Waals surface area (Å²) in [4.78, 5) is 0. The molecule has 2 aromatic rings. The lowest BCUT2D eigenvalue weighted by Gasteiger charge is -2.20. The zero-order chi connectivity index (χ0) is 31.2.